The standard InChI is InChI=1S/C11H17N3O4/c1-8-4-5-10(13(15)16)6-12(3)7-11(8,9(10)2)14(17)18/h4-5,8-9H,6-7H2,1-3H3/t8-,9-,10+,11-/m1/s1. The number of fused-ring (bicyclic) bond motifs is 2. The Morgan fingerprint density at radius 3 is 2.33 bits per heavy atom. The summed E-state index contributed by atoms with van der Waals surface area (Å²) in [5.74, 6) is -0.926. The summed E-state index contributed by atoms with van der Waals surface area (Å²) in [6.45, 7) is 3.87. The number of rotatable bonds is 2. The molecule has 7 heteroatoms. The van der Waals surface area contributed by atoms with Crippen LogP contribution in [-0.2, 0) is 0 Å². The Morgan fingerprint density at radius 1 is 1.22 bits per heavy atom. The van der Waals surface area contributed by atoms with Crippen LogP contribution >= 0.6 is 0 Å². The summed E-state index contributed by atoms with van der Waals surface area (Å²) in [4.78, 5) is 24.0. The fraction of sp³-hybridized carbons (Fsp3) is 0.818. The first-order valence-corrected chi connectivity index (χ1v) is 5.94. The normalized spacial score (nSPS) is 43.7. The van der Waals surface area contributed by atoms with E-state index in [1.807, 2.05) is 0 Å². The highest BCUT2D eigenvalue weighted by Gasteiger charge is 2.70. The van der Waals surface area contributed by atoms with Crippen molar-refractivity contribution in [3.05, 3.63) is 32.4 Å². The van der Waals surface area contributed by atoms with Crippen LogP contribution in [0.1, 0.15) is 13.8 Å². The lowest BCUT2D eigenvalue weighted by Crippen LogP contribution is -2.72. The molecule has 4 atom stereocenters. The zero-order valence-corrected chi connectivity index (χ0v) is 10.7. The average molecular weight is 255 g/mol. The minimum atomic E-state index is -1.34. The third kappa shape index (κ3) is 1.33. The lowest BCUT2D eigenvalue weighted by atomic mass is 9.60. The third-order valence-electron chi connectivity index (χ3n) is 4.69. The minimum Gasteiger partial charge on any atom is -0.292 e. The fourth-order valence-corrected chi connectivity index (χ4v) is 3.50. The van der Waals surface area contributed by atoms with E-state index in [1.54, 1.807) is 37.9 Å². The number of nitrogens with zero attached hydrogens (tertiary/aromatic N) is 3. The maximum Gasteiger partial charge on any atom is 0.262 e. The Bertz CT molecular complexity index is 438. The van der Waals surface area contributed by atoms with E-state index in [1.165, 1.54) is 0 Å². The van der Waals surface area contributed by atoms with E-state index >= 15 is 0 Å². The van der Waals surface area contributed by atoms with Crippen LogP contribution < -0.4 is 0 Å². The highest BCUT2D eigenvalue weighted by molar-refractivity contribution is 5.22. The number of hydrogen-bond donors (Lipinski definition) is 0. The van der Waals surface area contributed by atoms with E-state index in [-0.39, 0.29) is 28.9 Å². The van der Waals surface area contributed by atoms with Gasteiger partial charge < -0.3 is 0 Å². The Kier molecular flexibility index (Phi) is 2.69. The molecule has 0 amide bonds. The smallest absolute Gasteiger partial charge is 0.262 e. The molecule has 1 aliphatic heterocycles. The molecule has 0 N–H and O–H groups in total. The van der Waals surface area contributed by atoms with Crippen molar-refractivity contribution in [1.82, 2.24) is 4.90 Å². The van der Waals surface area contributed by atoms with Crippen LogP contribution in [0.15, 0.2) is 12.2 Å². The maximum absolute atomic E-state index is 11.5. The number of hydrogen-bond acceptors (Lipinski definition) is 5. The predicted molar refractivity (Wildman–Crippen MR) is 64.4 cm³/mol. The van der Waals surface area contributed by atoms with Crippen LogP contribution in [0.2, 0.25) is 0 Å². The monoisotopic (exact) mass is 255 g/mol. The summed E-state index contributed by atoms with van der Waals surface area (Å²) >= 11 is 0. The SMILES string of the molecule is C[C@@H]1C=C[C@]2([N+](=O)[O-])CN(C)C[C@]1([N+](=O)[O-])[C@@H]2C. The van der Waals surface area contributed by atoms with E-state index in [0.717, 1.165) is 0 Å². The summed E-state index contributed by atoms with van der Waals surface area (Å²) in [7, 11) is 1.70. The molecule has 100 valence electrons. The molecule has 2 bridgehead atoms. The first-order chi connectivity index (χ1) is 8.27. The maximum atomic E-state index is 11.5. The van der Waals surface area contributed by atoms with Gasteiger partial charge in [-0.2, -0.15) is 0 Å². The van der Waals surface area contributed by atoms with Crippen LogP contribution in [0.25, 0.3) is 0 Å². The van der Waals surface area contributed by atoms with Crippen molar-refractivity contribution in [3.63, 3.8) is 0 Å². The predicted octanol–water partition coefficient (Wildman–Crippen LogP) is 0.805. The van der Waals surface area contributed by atoms with Crippen molar-refractivity contribution in [2.75, 3.05) is 20.1 Å². The van der Waals surface area contributed by atoms with Crippen molar-refractivity contribution in [1.29, 1.82) is 0 Å². The average Bonchev–Trinajstić information content (AvgIpc) is 2.26. The molecule has 0 aromatic rings. The van der Waals surface area contributed by atoms with Gasteiger partial charge in [0.15, 0.2) is 0 Å². The van der Waals surface area contributed by atoms with Gasteiger partial charge in [0.05, 0.1) is 13.1 Å². The molecule has 0 aromatic heterocycles. The molecule has 7 nitrogen and oxygen atoms in total. The first-order valence-electron chi connectivity index (χ1n) is 5.94. The highest BCUT2D eigenvalue weighted by atomic mass is 16.6. The molecule has 0 spiro atoms. The second-order valence-electron chi connectivity index (χ2n) is 5.54. The zero-order chi connectivity index (χ0) is 13.7. The van der Waals surface area contributed by atoms with Gasteiger partial charge in [-0.15, -0.1) is 0 Å². The van der Waals surface area contributed by atoms with Crippen molar-refractivity contribution in [2.45, 2.75) is 24.9 Å². The molecule has 1 fully saturated rings. The molecule has 1 heterocycles. The van der Waals surface area contributed by atoms with E-state index in [9.17, 15) is 20.2 Å². The number of piperidine rings is 1. The lowest BCUT2D eigenvalue weighted by molar-refractivity contribution is -0.640. The van der Waals surface area contributed by atoms with Crippen molar-refractivity contribution in [3.8, 4) is 0 Å². The second kappa shape index (κ2) is 3.74. The number of nitro groups is 2. The van der Waals surface area contributed by atoms with Gasteiger partial charge >= 0.3 is 0 Å². The Balaban J connectivity index is 2.63. The topological polar surface area (TPSA) is 89.5 Å². The van der Waals surface area contributed by atoms with Crippen molar-refractivity contribution >= 4 is 0 Å². The van der Waals surface area contributed by atoms with Gasteiger partial charge in [0, 0.05) is 15.8 Å². The second-order valence-corrected chi connectivity index (χ2v) is 5.54. The molecule has 0 saturated carbocycles. The van der Waals surface area contributed by atoms with Gasteiger partial charge in [-0.1, -0.05) is 13.0 Å². The van der Waals surface area contributed by atoms with Crippen molar-refractivity contribution < 1.29 is 9.85 Å². The zero-order valence-electron chi connectivity index (χ0n) is 10.7. The van der Waals surface area contributed by atoms with Crippen LogP contribution in [0, 0.1) is 32.1 Å². The van der Waals surface area contributed by atoms with E-state index in [0.29, 0.717) is 0 Å². The van der Waals surface area contributed by atoms with Gasteiger partial charge in [0.25, 0.3) is 5.54 Å². The molecule has 1 aliphatic carbocycles. The molecule has 2 rings (SSSR count). The lowest BCUT2D eigenvalue weighted by Gasteiger charge is -2.49. The number of likely N-dealkylation sites (tertiary alicyclic amines) is 1. The fourth-order valence-electron chi connectivity index (χ4n) is 3.50. The van der Waals surface area contributed by atoms with Crippen LogP contribution in [0.5, 0.6) is 0 Å². The van der Waals surface area contributed by atoms with Crippen LogP contribution in [0.4, 0.5) is 0 Å². The Hall–Kier alpha value is -1.50. The summed E-state index contributed by atoms with van der Waals surface area (Å²) in [5.41, 5.74) is -2.61. The van der Waals surface area contributed by atoms with Gasteiger partial charge in [0.2, 0.25) is 5.54 Å². The van der Waals surface area contributed by atoms with Gasteiger partial charge in [-0.3, -0.25) is 25.1 Å². The first kappa shape index (κ1) is 12.9. The quantitative estimate of drug-likeness (QED) is 0.413. The van der Waals surface area contributed by atoms with E-state index < -0.39 is 17.0 Å². The summed E-state index contributed by atoms with van der Waals surface area (Å²) in [5, 5.41) is 23.0. The molecule has 2 aliphatic rings. The van der Waals surface area contributed by atoms with Gasteiger partial charge in [0.1, 0.15) is 5.92 Å². The molecule has 1 saturated heterocycles. The third-order valence-corrected chi connectivity index (χ3v) is 4.69. The molecule has 0 unspecified atom stereocenters. The molecular formula is C11H17N3O4. The molecule has 0 radical (unpaired) electrons. The molecule has 18 heavy (non-hydrogen) atoms. The minimum absolute atomic E-state index is 0.222. The highest BCUT2D eigenvalue weighted by Crippen LogP contribution is 2.47. The Morgan fingerprint density at radius 2 is 1.83 bits per heavy atom. The van der Waals surface area contributed by atoms with E-state index in [2.05, 4.69) is 0 Å². The summed E-state index contributed by atoms with van der Waals surface area (Å²) < 4.78 is 0. The van der Waals surface area contributed by atoms with Crippen LogP contribution in [-0.4, -0.2) is 46.0 Å². The number of likely N-dealkylation sites (N-methyl/N-ethyl adjacent to an activating group) is 1. The largest absolute Gasteiger partial charge is 0.292 e. The molecular weight excluding hydrogens is 238 g/mol. The van der Waals surface area contributed by atoms with Crippen molar-refractivity contribution in [2.24, 2.45) is 11.8 Å². The summed E-state index contributed by atoms with van der Waals surface area (Å²) in [6.07, 6.45) is 3.19. The molecule has 0 aromatic carbocycles. The van der Waals surface area contributed by atoms with Gasteiger partial charge in [-0.25, -0.2) is 0 Å². The van der Waals surface area contributed by atoms with Gasteiger partial charge in [-0.05, 0) is 20.0 Å². The Labute approximate surface area is 105 Å². The van der Waals surface area contributed by atoms with Crippen LogP contribution in [0.3, 0.4) is 0 Å². The summed E-state index contributed by atoms with van der Waals surface area (Å²) in [6, 6.07) is 0. The van der Waals surface area contributed by atoms with E-state index in [4.69, 9.17) is 0 Å².